The molecular weight excluding hydrogens is 564 g/mol. The molecule has 2 atom stereocenters. The number of sulfonamides is 1. The predicted octanol–water partition coefficient (Wildman–Crippen LogP) is 1.66. The molecule has 2 aromatic rings. The van der Waals surface area contributed by atoms with Crippen molar-refractivity contribution >= 4 is 33.4 Å². The average molecular weight is 600 g/mol. The molecule has 2 aliphatic rings. The highest BCUT2D eigenvalue weighted by Crippen LogP contribution is 2.40. The quantitative estimate of drug-likeness (QED) is 0.260. The second-order valence-corrected chi connectivity index (χ2v) is 12.4. The van der Waals surface area contributed by atoms with Gasteiger partial charge < -0.3 is 14.4 Å². The van der Waals surface area contributed by atoms with E-state index in [1.807, 2.05) is 6.92 Å². The van der Waals surface area contributed by atoms with Crippen molar-refractivity contribution in [1.82, 2.24) is 4.31 Å². The zero-order valence-corrected chi connectivity index (χ0v) is 24.8. The maximum atomic E-state index is 13.5. The van der Waals surface area contributed by atoms with Crippen LogP contribution in [0.4, 0.5) is 5.69 Å². The standard InChI is InChI=1S/C29H34N4O8S/c1-19-8-10-24(11-9-19)42(38,39)32-14-12-31(13-15-32)16-17-41-29(35)26-21(3)30-20(2)25(28(34)40-4)27(26)22-6-5-7-23(18-22)33(36)37/h5-11,18,26-27H,12-17H2,1-4H3/p+1/t26?,27-/m1/s1. The number of rotatable bonds is 9. The number of carbonyl (C=O) groups is 2. The first-order valence-electron chi connectivity index (χ1n) is 13.6. The molecule has 224 valence electrons. The number of aryl methyl sites for hydroxylation is 1. The lowest BCUT2D eigenvalue weighted by Gasteiger charge is -2.32. The van der Waals surface area contributed by atoms with Gasteiger partial charge in [-0.25, -0.2) is 13.2 Å². The van der Waals surface area contributed by atoms with Gasteiger partial charge in [0.2, 0.25) is 10.0 Å². The van der Waals surface area contributed by atoms with Gasteiger partial charge in [-0.05, 0) is 38.5 Å². The van der Waals surface area contributed by atoms with Crippen molar-refractivity contribution in [3.8, 4) is 0 Å². The monoisotopic (exact) mass is 599 g/mol. The van der Waals surface area contributed by atoms with E-state index < -0.39 is 38.7 Å². The summed E-state index contributed by atoms with van der Waals surface area (Å²) in [5.41, 5.74) is 2.14. The van der Waals surface area contributed by atoms with Crippen molar-refractivity contribution in [1.29, 1.82) is 0 Å². The Hall–Kier alpha value is -3.94. The van der Waals surface area contributed by atoms with Crippen molar-refractivity contribution in [3.63, 3.8) is 0 Å². The summed E-state index contributed by atoms with van der Waals surface area (Å²) in [5, 5.41) is 11.5. The first-order chi connectivity index (χ1) is 19.9. The van der Waals surface area contributed by atoms with Crippen LogP contribution in [0, 0.1) is 23.0 Å². The zero-order valence-electron chi connectivity index (χ0n) is 24.0. The van der Waals surface area contributed by atoms with E-state index in [4.69, 9.17) is 9.47 Å². The average Bonchev–Trinajstić information content (AvgIpc) is 2.97. The molecule has 0 aliphatic carbocycles. The Morgan fingerprint density at radius 2 is 1.76 bits per heavy atom. The zero-order chi connectivity index (χ0) is 30.6. The van der Waals surface area contributed by atoms with Crippen LogP contribution in [0.3, 0.4) is 0 Å². The number of benzene rings is 2. The Kier molecular flexibility index (Phi) is 9.54. The fourth-order valence-corrected chi connectivity index (χ4v) is 6.89. The number of nitro benzene ring substituents is 1. The van der Waals surface area contributed by atoms with Gasteiger partial charge in [-0.15, -0.1) is 0 Å². The molecule has 1 fully saturated rings. The molecule has 4 rings (SSSR count). The van der Waals surface area contributed by atoms with Crippen LogP contribution >= 0.6 is 0 Å². The van der Waals surface area contributed by atoms with Crippen LogP contribution in [-0.4, -0.2) is 81.7 Å². The highest BCUT2D eigenvalue weighted by Gasteiger charge is 2.43. The number of nitrogens with one attached hydrogen (secondary N) is 1. The molecule has 2 aromatic carbocycles. The van der Waals surface area contributed by atoms with E-state index >= 15 is 0 Å². The lowest BCUT2D eigenvalue weighted by Crippen LogP contribution is -3.15. The van der Waals surface area contributed by atoms with E-state index in [1.165, 1.54) is 29.6 Å². The number of hydrogen-bond donors (Lipinski definition) is 1. The second-order valence-electron chi connectivity index (χ2n) is 10.4. The van der Waals surface area contributed by atoms with E-state index in [2.05, 4.69) is 4.99 Å². The van der Waals surface area contributed by atoms with Crippen molar-refractivity contribution in [3.05, 3.63) is 81.0 Å². The van der Waals surface area contributed by atoms with Crippen LogP contribution in [0.2, 0.25) is 0 Å². The molecular formula is C29H35N4O8S+. The Labute approximate surface area is 244 Å². The number of aliphatic imine (C=N–C) groups is 1. The summed E-state index contributed by atoms with van der Waals surface area (Å²) < 4.78 is 38.1. The topological polar surface area (TPSA) is 150 Å². The molecule has 0 radical (unpaired) electrons. The molecule has 42 heavy (non-hydrogen) atoms. The Bertz CT molecular complexity index is 1530. The predicted molar refractivity (Wildman–Crippen MR) is 154 cm³/mol. The van der Waals surface area contributed by atoms with Gasteiger partial charge in [-0.2, -0.15) is 4.31 Å². The molecule has 0 bridgehead atoms. The number of ether oxygens (including phenoxy) is 2. The molecule has 1 unspecified atom stereocenters. The maximum Gasteiger partial charge on any atom is 0.336 e. The van der Waals surface area contributed by atoms with E-state index in [0.717, 1.165) is 10.5 Å². The number of hydrogen-bond acceptors (Lipinski definition) is 9. The minimum Gasteiger partial charge on any atom is -0.466 e. The van der Waals surface area contributed by atoms with Gasteiger partial charge >= 0.3 is 11.9 Å². The van der Waals surface area contributed by atoms with Gasteiger partial charge in [-0.3, -0.25) is 19.9 Å². The molecule has 0 saturated carbocycles. The van der Waals surface area contributed by atoms with Crippen LogP contribution in [0.15, 0.2) is 69.7 Å². The van der Waals surface area contributed by atoms with Crippen molar-refractivity contribution in [2.45, 2.75) is 31.6 Å². The van der Waals surface area contributed by atoms with Crippen LogP contribution in [0.1, 0.15) is 30.9 Å². The minimum absolute atomic E-state index is 0.0700. The third-order valence-corrected chi connectivity index (χ3v) is 9.63. The van der Waals surface area contributed by atoms with Crippen LogP contribution in [0.25, 0.3) is 0 Å². The smallest absolute Gasteiger partial charge is 0.336 e. The fraction of sp³-hybridized carbons (Fsp3) is 0.414. The Morgan fingerprint density at radius 1 is 1.10 bits per heavy atom. The van der Waals surface area contributed by atoms with Crippen molar-refractivity contribution in [2.75, 3.05) is 46.4 Å². The van der Waals surface area contributed by atoms with Crippen LogP contribution < -0.4 is 4.90 Å². The summed E-state index contributed by atoms with van der Waals surface area (Å²) in [6.07, 6.45) is 0. The number of nitrogens with zero attached hydrogens (tertiary/aromatic N) is 3. The summed E-state index contributed by atoms with van der Waals surface area (Å²) >= 11 is 0. The van der Waals surface area contributed by atoms with E-state index in [-0.39, 0.29) is 22.8 Å². The van der Waals surface area contributed by atoms with Crippen LogP contribution in [0.5, 0.6) is 0 Å². The third kappa shape index (κ3) is 6.58. The molecule has 1 N–H and O–H groups in total. The van der Waals surface area contributed by atoms with Gasteiger partial charge in [-0.1, -0.05) is 29.8 Å². The summed E-state index contributed by atoms with van der Waals surface area (Å²) in [7, 11) is -2.36. The van der Waals surface area contributed by atoms with Gasteiger partial charge in [0.25, 0.3) is 5.69 Å². The van der Waals surface area contributed by atoms with E-state index in [0.29, 0.717) is 49.7 Å². The van der Waals surface area contributed by atoms with Gasteiger partial charge in [0, 0.05) is 29.5 Å². The maximum absolute atomic E-state index is 13.5. The van der Waals surface area contributed by atoms with E-state index in [1.54, 1.807) is 44.2 Å². The second kappa shape index (κ2) is 12.9. The number of non-ortho nitro benzene ring substituents is 1. The number of nitro groups is 1. The van der Waals surface area contributed by atoms with Gasteiger partial charge in [0.05, 0.1) is 48.7 Å². The lowest BCUT2D eigenvalue weighted by molar-refractivity contribution is -0.903. The summed E-state index contributed by atoms with van der Waals surface area (Å²) in [5.74, 6) is -3.16. The largest absolute Gasteiger partial charge is 0.466 e. The normalized spacial score (nSPS) is 20.1. The van der Waals surface area contributed by atoms with Crippen molar-refractivity contribution in [2.24, 2.45) is 10.9 Å². The number of piperazine rings is 1. The summed E-state index contributed by atoms with van der Waals surface area (Å²) in [6, 6.07) is 12.6. The van der Waals surface area contributed by atoms with Gasteiger partial charge in [0.15, 0.2) is 0 Å². The summed E-state index contributed by atoms with van der Waals surface area (Å²) in [6.45, 7) is 7.51. The summed E-state index contributed by atoms with van der Waals surface area (Å²) in [4.78, 5) is 43.0. The number of carbonyl (C=O) groups excluding carboxylic acids is 2. The highest BCUT2D eigenvalue weighted by atomic mass is 32.2. The number of esters is 2. The number of quaternary nitrogens is 1. The molecule has 1 saturated heterocycles. The molecule has 2 aliphatic heterocycles. The fourth-order valence-electron chi connectivity index (χ4n) is 5.45. The minimum atomic E-state index is -3.58. The van der Waals surface area contributed by atoms with E-state index in [9.17, 15) is 28.1 Å². The number of methoxy groups -OCH3 is 1. The van der Waals surface area contributed by atoms with Crippen LogP contribution in [-0.2, 0) is 29.1 Å². The highest BCUT2D eigenvalue weighted by molar-refractivity contribution is 7.89. The molecule has 0 aromatic heterocycles. The van der Waals surface area contributed by atoms with Gasteiger partial charge in [0.1, 0.15) is 19.1 Å². The molecule has 0 spiro atoms. The van der Waals surface area contributed by atoms with Crippen molar-refractivity contribution < 1.29 is 37.3 Å². The third-order valence-electron chi connectivity index (χ3n) is 7.72. The number of allylic oxidation sites excluding steroid dienone is 1. The molecule has 13 heteroatoms. The first kappa shape index (κ1) is 31.0. The molecule has 2 heterocycles. The molecule has 0 amide bonds. The lowest BCUT2D eigenvalue weighted by atomic mass is 9.75. The SMILES string of the molecule is COC(=O)C1=C(C)N=C(C)C(C(=O)OCC[NH+]2CCN(S(=O)(=O)c3ccc(C)cc3)CC2)[C@@H]1c1cccc([N+](=O)[O-])c1. The molecule has 12 nitrogen and oxygen atoms in total. The Morgan fingerprint density at radius 3 is 2.38 bits per heavy atom. The first-order valence-corrected chi connectivity index (χ1v) is 15.0. The Balaban J connectivity index is 1.43.